The summed E-state index contributed by atoms with van der Waals surface area (Å²) in [5.74, 6) is 2.70. The lowest BCUT2D eigenvalue weighted by Crippen LogP contribution is -2.24. The molecule has 2 unspecified atom stereocenters. The summed E-state index contributed by atoms with van der Waals surface area (Å²) in [5, 5.41) is 3.69. The van der Waals surface area contributed by atoms with Gasteiger partial charge in [0.1, 0.15) is 11.5 Å². The summed E-state index contributed by atoms with van der Waals surface area (Å²) in [6.07, 6.45) is 4.59. The SMILES string of the molecule is CCCNC1CC(C)CCc2c(OC)ccc(OC)c21. The van der Waals surface area contributed by atoms with E-state index in [0.29, 0.717) is 12.0 Å². The third-order valence-corrected chi connectivity index (χ3v) is 4.23. The number of hydrogen-bond donors (Lipinski definition) is 1. The topological polar surface area (TPSA) is 30.5 Å². The van der Waals surface area contributed by atoms with Gasteiger partial charge in [0.15, 0.2) is 0 Å². The highest BCUT2D eigenvalue weighted by Gasteiger charge is 2.27. The molecule has 1 N–H and O–H groups in total. The summed E-state index contributed by atoms with van der Waals surface area (Å²) < 4.78 is 11.2. The number of nitrogens with one attached hydrogen (secondary N) is 1. The van der Waals surface area contributed by atoms with Gasteiger partial charge in [-0.1, -0.05) is 13.8 Å². The highest BCUT2D eigenvalue weighted by atomic mass is 16.5. The molecule has 112 valence electrons. The van der Waals surface area contributed by atoms with E-state index in [1.165, 1.54) is 17.5 Å². The fourth-order valence-electron chi connectivity index (χ4n) is 3.17. The van der Waals surface area contributed by atoms with E-state index in [9.17, 15) is 0 Å². The molecule has 0 spiro atoms. The molecule has 1 aliphatic carbocycles. The maximum atomic E-state index is 5.62. The number of hydrogen-bond acceptors (Lipinski definition) is 3. The Morgan fingerprint density at radius 3 is 2.55 bits per heavy atom. The first-order valence-electron chi connectivity index (χ1n) is 7.68. The molecule has 3 heteroatoms. The summed E-state index contributed by atoms with van der Waals surface area (Å²) in [7, 11) is 3.51. The van der Waals surface area contributed by atoms with Gasteiger partial charge in [-0.3, -0.25) is 0 Å². The molecule has 0 aromatic heterocycles. The van der Waals surface area contributed by atoms with E-state index >= 15 is 0 Å². The zero-order valence-corrected chi connectivity index (χ0v) is 13.2. The van der Waals surface area contributed by atoms with E-state index < -0.39 is 0 Å². The van der Waals surface area contributed by atoms with Gasteiger partial charge in [0.25, 0.3) is 0 Å². The van der Waals surface area contributed by atoms with Gasteiger partial charge in [-0.05, 0) is 50.3 Å². The number of rotatable bonds is 5. The summed E-state index contributed by atoms with van der Waals surface area (Å²) in [6, 6.07) is 4.44. The Labute approximate surface area is 122 Å². The van der Waals surface area contributed by atoms with Gasteiger partial charge >= 0.3 is 0 Å². The molecule has 0 saturated heterocycles. The number of fused-ring (bicyclic) bond motifs is 1. The summed E-state index contributed by atoms with van der Waals surface area (Å²) in [6.45, 7) is 5.58. The van der Waals surface area contributed by atoms with E-state index in [-0.39, 0.29) is 0 Å². The monoisotopic (exact) mass is 277 g/mol. The lowest BCUT2D eigenvalue weighted by atomic mass is 9.95. The molecule has 1 aromatic carbocycles. The van der Waals surface area contributed by atoms with Crippen LogP contribution in [0.2, 0.25) is 0 Å². The molecule has 0 fully saturated rings. The molecule has 0 radical (unpaired) electrons. The van der Waals surface area contributed by atoms with Crippen molar-refractivity contribution in [2.24, 2.45) is 5.92 Å². The Balaban J connectivity index is 2.46. The summed E-state index contributed by atoms with van der Waals surface area (Å²) in [5.41, 5.74) is 2.63. The molecular formula is C17H27NO2. The van der Waals surface area contributed by atoms with Gasteiger partial charge in [-0.25, -0.2) is 0 Å². The van der Waals surface area contributed by atoms with E-state index in [0.717, 1.165) is 37.3 Å². The Bertz CT molecular complexity index is 445. The molecule has 1 aromatic rings. The van der Waals surface area contributed by atoms with Crippen LogP contribution in [0.25, 0.3) is 0 Å². The van der Waals surface area contributed by atoms with Crippen molar-refractivity contribution in [2.75, 3.05) is 20.8 Å². The van der Waals surface area contributed by atoms with Gasteiger partial charge in [-0.15, -0.1) is 0 Å². The van der Waals surface area contributed by atoms with Crippen molar-refractivity contribution in [2.45, 2.75) is 45.6 Å². The summed E-state index contributed by atoms with van der Waals surface area (Å²) in [4.78, 5) is 0. The fraction of sp³-hybridized carbons (Fsp3) is 0.647. The van der Waals surface area contributed by atoms with Crippen molar-refractivity contribution < 1.29 is 9.47 Å². The van der Waals surface area contributed by atoms with Crippen molar-refractivity contribution in [1.29, 1.82) is 0 Å². The van der Waals surface area contributed by atoms with E-state index in [1.807, 2.05) is 12.1 Å². The Morgan fingerprint density at radius 1 is 1.20 bits per heavy atom. The first kappa shape index (κ1) is 15.2. The van der Waals surface area contributed by atoms with Gasteiger partial charge in [0, 0.05) is 17.2 Å². The van der Waals surface area contributed by atoms with Gasteiger partial charge in [0.05, 0.1) is 14.2 Å². The van der Waals surface area contributed by atoms with Crippen LogP contribution in [0.15, 0.2) is 12.1 Å². The Morgan fingerprint density at radius 2 is 1.90 bits per heavy atom. The molecule has 0 heterocycles. The predicted molar refractivity (Wildman–Crippen MR) is 82.7 cm³/mol. The lowest BCUT2D eigenvalue weighted by Gasteiger charge is -2.24. The van der Waals surface area contributed by atoms with Gasteiger partial charge < -0.3 is 14.8 Å². The second kappa shape index (κ2) is 6.98. The standard InChI is InChI=1S/C17H27NO2/c1-5-10-18-14-11-12(2)6-7-13-15(19-3)8-9-16(20-4)17(13)14/h8-9,12,14,18H,5-7,10-11H2,1-4H3. The van der Waals surface area contributed by atoms with E-state index in [4.69, 9.17) is 9.47 Å². The molecule has 1 aliphatic rings. The second-order valence-corrected chi connectivity index (χ2v) is 5.75. The van der Waals surface area contributed by atoms with Crippen LogP contribution in [0.1, 0.15) is 50.3 Å². The van der Waals surface area contributed by atoms with Crippen LogP contribution in [0.4, 0.5) is 0 Å². The molecule has 2 atom stereocenters. The third-order valence-electron chi connectivity index (χ3n) is 4.23. The number of ether oxygens (including phenoxy) is 2. The van der Waals surface area contributed by atoms with Gasteiger partial charge in [-0.2, -0.15) is 0 Å². The van der Waals surface area contributed by atoms with E-state index in [1.54, 1.807) is 14.2 Å². The molecule has 0 bridgehead atoms. The smallest absolute Gasteiger partial charge is 0.124 e. The van der Waals surface area contributed by atoms with Crippen LogP contribution >= 0.6 is 0 Å². The van der Waals surface area contributed by atoms with Crippen LogP contribution < -0.4 is 14.8 Å². The minimum Gasteiger partial charge on any atom is -0.496 e. The van der Waals surface area contributed by atoms with Crippen LogP contribution in [0.5, 0.6) is 11.5 Å². The first-order chi connectivity index (χ1) is 9.71. The molecular weight excluding hydrogens is 250 g/mol. The molecule has 20 heavy (non-hydrogen) atoms. The van der Waals surface area contributed by atoms with E-state index in [2.05, 4.69) is 19.2 Å². The zero-order valence-electron chi connectivity index (χ0n) is 13.2. The van der Waals surface area contributed by atoms with Crippen molar-refractivity contribution in [1.82, 2.24) is 5.32 Å². The van der Waals surface area contributed by atoms with Crippen molar-refractivity contribution in [3.8, 4) is 11.5 Å². The lowest BCUT2D eigenvalue weighted by molar-refractivity contribution is 0.374. The van der Waals surface area contributed by atoms with Crippen molar-refractivity contribution >= 4 is 0 Å². The number of methoxy groups -OCH3 is 2. The average molecular weight is 277 g/mol. The Kier molecular flexibility index (Phi) is 5.30. The largest absolute Gasteiger partial charge is 0.496 e. The molecule has 0 amide bonds. The van der Waals surface area contributed by atoms with Crippen LogP contribution in [0.3, 0.4) is 0 Å². The van der Waals surface area contributed by atoms with Crippen LogP contribution in [-0.2, 0) is 6.42 Å². The maximum absolute atomic E-state index is 5.62. The third kappa shape index (κ3) is 3.09. The maximum Gasteiger partial charge on any atom is 0.124 e. The highest BCUT2D eigenvalue weighted by molar-refractivity contribution is 5.51. The second-order valence-electron chi connectivity index (χ2n) is 5.75. The molecule has 0 aliphatic heterocycles. The van der Waals surface area contributed by atoms with Crippen molar-refractivity contribution in [3.05, 3.63) is 23.3 Å². The molecule has 3 nitrogen and oxygen atoms in total. The normalized spacial score (nSPS) is 22.0. The Hall–Kier alpha value is -1.22. The average Bonchev–Trinajstić information content (AvgIpc) is 2.64. The first-order valence-corrected chi connectivity index (χ1v) is 7.68. The predicted octanol–water partition coefficient (Wildman–Crippen LogP) is 3.72. The minimum atomic E-state index is 0.368. The summed E-state index contributed by atoms with van der Waals surface area (Å²) >= 11 is 0. The zero-order chi connectivity index (χ0) is 14.5. The minimum absolute atomic E-state index is 0.368. The number of benzene rings is 1. The highest BCUT2D eigenvalue weighted by Crippen LogP contribution is 2.41. The van der Waals surface area contributed by atoms with Crippen molar-refractivity contribution in [3.63, 3.8) is 0 Å². The van der Waals surface area contributed by atoms with Gasteiger partial charge in [0.2, 0.25) is 0 Å². The molecule has 2 rings (SSSR count). The quantitative estimate of drug-likeness (QED) is 0.832. The van der Waals surface area contributed by atoms with Crippen LogP contribution in [-0.4, -0.2) is 20.8 Å². The fourth-order valence-corrected chi connectivity index (χ4v) is 3.17. The molecule has 0 saturated carbocycles. The van der Waals surface area contributed by atoms with Crippen LogP contribution in [0, 0.1) is 5.92 Å².